The van der Waals surface area contributed by atoms with Crippen LogP contribution in [0.4, 0.5) is 0 Å². The summed E-state index contributed by atoms with van der Waals surface area (Å²) in [7, 11) is 0. The van der Waals surface area contributed by atoms with Gasteiger partial charge in [0.2, 0.25) is 0 Å². The van der Waals surface area contributed by atoms with Crippen LogP contribution in [0.25, 0.3) is 11.2 Å². The summed E-state index contributed by atoms with van der Waals surface area (Å²) < 4.78 is 4.52. The predicted molar refractivity (Wildman–Crippen MR) is 77.9 cm³/mol. The molecular weight excluding hydrogens is 260 g/mol. The van der Waals surface area contributed by atoms with Crippen molar-refractivity contribution in [1.82, 2.24) is 19.3 Å². The van der Waals surface area contributed by atoms with Gasteiger partial charge in [0.05, 0.1) is 5.69 Å². The van der Waals surface area contributed by atoms with Crippen molar-refractivity contribution in [1.29, 1.82) is 0 Å². The molecule has 2 aromatic rings. The third-order valence-electron chi connectivity index (χ3n) is 4.12. The molecule has 1 aliphatic carbocycles. The number of halogens is 1. The second kappa shape index (κ2) is 5.16. The molecule has 104 valence electrons. The Morgan fingerprint density at radius 1 is 1.32 bits per heavy atom. The van der Waals surface area contributed by atoms with Gasteiger partial charge in [-0.25, -0.2) is 9.67 Å². The van der Waals surface area contributed by atoms with Crippen LogP contribution < -0.4 is 0 Å². The number of aromatic nitrogens is 4. The van der Waals surface area contributed by atoms with Crippen molar-refractivity contribution in [3.05, 3.63) is 11.5 Å². The highest BCUT2D eigenvalue weighted by Crippen LogP contribution is 2.34. The fourth-order valence-electron chi connectivity index (χ4n) is 3.26. The lowest BCUT2D eigenvalue weighted by Gasteiger charge is -2.16. The third-order valence-corrected chi connectivity index (χ3v) is 4.31. The van der Waals surface area contributed by atoms with Crippen LogP contribution in [-0.2, 0) is 13.0 Å². The first-order valence-electron chi connectivity index (χ1n) is 7.26. The summed E-state index contributed by atoms with van der Waals surface area (Å²) in [5, 5.41) is 4.60. The maximum absolute atomic E-state index is 5.95. The lowest BCUT2D eigenvalue weighted by Crippen LogP contribution is -2.13. The molecule has 0 spiro atoms. The Balaban J connectivity index is 2.20. The predicted octanol–water partition coefficient (Wildman–Crippen LogP) is 3.46. The second-order valence-electron chi connectivity index (χ2n) is 5.35. The summed E-state index contributed by atoms with van der Waals surface area (Å²) >= 11 is 5.95. The molecule has 0 unspecified atom stereocenters. The summed E-state index contributed by atoms with van der Waals surface area (Å²) in [5.74, 6) is 1.77. The topological polar surface area (TPSA) is 35.6 Å². The summed E-state index contributed by atoms with van der Waals surface area (Å²) in [6.45, 7) is 5.08. The Bertz CT molecular complexity index is 578. The second-order valence-corrected chi connectivity index (χ2v) is 5.73. The Labute approximate surface area is 118 Å². The monoisotopic (exact) mass is 280 g/mol. The standard InChI is InChI=1S/C14H21ClN4/c1-3-18-14-13(10(2)17-18)16-12(8-9-15)19(14)11-6-4-5-7-11/h11H,3-9H2,1-2H3. The number of fused-ring (bicyclic) bond motifs is 1. The van der Waals surface area contributed by atoms with Gasteiger partial charge in [-0.3, -0.25) is 0 Å². The van der Waals surface area contributed by atoms with E-state index in [2.05, 4.69) is 21.3 Å². The number of hydrogen-bond acceptors (Lipinski definition) is 2. The fraction of sp³-hybridized carbons (Fsp3) is 0.714. The molecule has 4 nitrogen and oxygen atoms in total. The number of aryl methyl sites for hydroxylation is 3. The number of imidazole rings is 1. The van der Waals surface area contributed by atoms with E-state index >= 15 is 0 Å². The van der Waals surface area contributed by atoms with Crippen LogP contribution in [0.15, 0.2) is 0 Å². The van der Waals surface area contributed by atoms with E-state index in [9.17, 15) is 0 Å². The Kier molecular flexibility index (Phi) is 3.52. The largest absolute Gasteiger partial charge is 0.310 e. The average molecular weight is 281 g/mol. The highest BCUT2D eigenvalue weighted by molar-refractivity contribution is 6.17. The quantitative estimate of drug-likeness (QED) is 0.804. The zero-order valence-corrected chi connectivity index (χ0v) is 12.4. The van der Waals surface area contributed by atoms with Gasteiger partial charge in [0.15, 0.2) is 5.65 Å². The normalized spacial score (nSPS) is 16.8. The maximum Gasteiger partial charge on any atom is 0.159 e. The molecular formula is C14H21ClN4. The van der Waals surface area contributed by atoms with Gasteiger partial charge >= 0.3 is 0 Å². The Morgan fingerprint density at radius 2 is 2.05 bits per heavy atom. The number of alkyl halides is 1. The molecule has 19 heavy (non-hydrogen) atoms. The molecule has 1 saturated carbocycles. The van der Waals surface area contributed by atoms with Gasteiger partial charge in [-0.05, 0) is 26.7 Å². The van der Waals surface area contributed by atoms with Crippen LogP contribution in [0, 0.1) is 6.92 Å². The number of rotatable bonds is 4. The fourth-order valence-corrected chi connectivity index (χ4v) is 3.43. The maximum atomic E-state index is 5.95. The average Bonchev–Trinajstić information content (AvgIpc) is 3.07. The van der Waals surface area contributed by atoms with Crippen molar-refractivity contribution >= 4 is 22.8 Å². The molecule has 0 aromatic carbocycles. The smallest absolute Gasteiger partial charge is 0.159 e. The zero-order valence-electron chi connectivity index (χ0n) is 11.7. The van der Waals surface area contributed by atoms with Crippen LogP contribution in [-0.4, -0.2) is 25.2 Å². The minimum absolute atomic E-state index is 0.588. The Morgan fingerprint density at radius 3 is 2.68 bits per heavy atom. The van der Waals surface area contributed by atoms with E-state index in [1.54, 1.807) is 0 Å². The first-order chi connectivity index (χ1) is 9.26. The SMILES string of the molecule is CCn1nc(C)c2nc(CCCl)n(C3CCCC3)c21. The highest BCUT2D eigenvalue weighted by atomic mass is 35.5. The first-order valence-corrected chi connectivity index (χ1v) is 7.80. The first kappa shape index (κ1) is 13.0. The minimum atomic E-state index is 0.588. The van der Waals surface area contributed by atoms with Gasteiger partial charge < -0.3 is 4.57 Å². The van der Waals surface area contributed by atoms with Gasteiger partial charge in [-0.15, -0.1) is 11.6 Å². The van der Waals surface area contributed by atoms with Gasteiger partial charge in [0, 0.05) is 24.9 Å². The number of nitrogens with zero attached hydrogens (tertiary/aromatic N) is 4. The molecule has 0 atom stereocenters. The van der Waals surface area contributed by atoms with E-state index in [1.807, 2.05) is 6.92 Å². The molecule has 2 aromatic heterocycles. The summed E-state index contributed by atoms with van der Waals surface area (Å²) in [5.41, 5.74) is 3.30. The lowest BCUT2D eigenvalue weighted by atomic mass is 10.2. The van der Waals surface area contributed by atoms with Crippen LogP contribution >= 0.6 is 11.6 Å². The molecule has 1 aliphatic rings. The third kappa shape index (κ3) is 2.06. The molecule has 0 N–H and O–H groups in total. The van der Waals surface area contributed by atoms with Crippen molar-refractivity contribution in [2.45, 2.75) is 58.5 Å². The van der Waals surface area contributed by atoms with Crippen molar-refractivity contribution in [3.8, 4) is 0 Å². The lowest BCUT2D eigenvalue weighted by molar-refractivity contribution is 0.496. The van der Waals surface area contributed by atoms with Crippen LogP contribution in [0.3, 0.4) is 0 Å². The molecule has 2 heterocycles. The van der Waals surface area contributed by atoms with Gasteiger partial charge in [0.25, 0.3) is 0 Å². The molecule has 0 radical (unpaired) electrons. The van der Waals surface area contributed by atoms with Crippen LogP contribution in [0.2, 0.25) is 0 Å². The molecule has 0 saturated heterocycles. The van der Waals surface area contributed by atoms with E-state index in [0.717, 1.165) is 30.0 Å². The van der Waals surface area contributed by atoms with Crippen LogP contribution in [0.1, 0.15) is 50.2 Å². The molecule has 5 heteroatoms. The molecule has 3 rings (SSSR count). The summed E-state index contributed by atoms with van der Waals surface area (Å²) in [6.07, 6.45) is 6.01. The van der Waals surface area contributed by atoms with Crippen molar-refractivity contribution in [3.63, 3.8) is 0 Å². The van der Waals surface area contributed by atoms with E-state index in [1.165, 1.54) is 31.3 Å². The van der Waals surface area contributed by atoms with Crippen molar-refractivity contribution < 1.29 is 0 Å². The molecule has 0 amide bonds. The van der Waals surface area contributed by atoms with Gasteiger partial charge in [-0.1, -0.05) is 12.8 Å². The van der Waals surface area contributed by atoms with E-state index < -0.39 is 0 Å². The minimum Gasteiger partial charge on any atom is -0.310 e. The van der Waals surface area contributed by atoms with Crippen molar-refractivity contribution in [2.24, 2.45) is 0 Å². The van der Waals surface area contributed by atoms with Gasteiger partial charge in [-0.2, -0.15) is 5.10 Å². The van der Waals surface area contributed by atoms with E-state index in [4.69, 9.17) is 16.6 Å². The Hall–Kier alpha value is -1.03. The van der Waals surface area contributed by atoms with Crippen molar-refractivity contribution in [2.75, 3.05) is 5.88 Å². The molecule has 0 bridgehead atoms. The summed E-state index contributed by atoms with van der Waals surface area (Å²) in [6, 6.07) is 0.588. The zero-order chi connectivity index (χ0) is 13.4. The van der Waals surface area contributed by atoms with E-state index in [-0.39, 0.29) is 0 Å². The molecule has 1 fully saturated rings. The van der Waals surface area contributed by atoms with Gasteiger partial charge in [0.1, 0.15) is 11.3 Å². The molecule has 0 aliphatic heterocycles. The highest BCUT2D eigenvalue weighted by Gasteiger charge is 2.25. The number of hydrogen-bond donors (Lipinski definition) is 0. The summed E-state index contributed by atoms with van der Waals surface area (Å²) in [4.78, 5) is 4.81. The van der Waals surface area contributed by atoms with Crippen LogP contribution in [0.5, 0.6) is 0 Å². The van der Waals surface area contributed by atoms with E-state index in [0.29, 0.717) is 11.9 Å².